The van der Waals surface area contributed by atoms with Crippen LogP contribution in [0.3, 0.4) is 0 Å². The molecule has 0 saturated carbocycles. The molecule has 0 fully saturated rings. The highest BCUT2D eigenvalue weighted by molar-refractivity contribution is 6.31. The number of ether oxygens (including phenoxy) is 2. The molecule has 0 saturated heterocycles. The molecule has 0 aliphatic heterocycles. The fourth-order valence-electron chi connectivity index (χ4n) is 2.04. The van der Waals surface area contributed by atoms with E-state index in [0.717, 1.165) is 42.2 Å². The van der Waals surface area contributed by atoms with Crippen LogP contribution in [0.15, 0.2) is 0 Å². The van der Waals surface area contributed by atoms with E-state index < -0.39 is 0 Å². The van der Waals surface area contributed by atoms with Gasteiger partial charge in [0.25, 0.3) is 0 Å². The highest BCUT2D eigenvalue weighted by Gasteiger charge is 2.16. The van der Waals surface area contributed by atoms with Gasteiger partial charge in [-0.15, -0.1) is 0 Å². The number of nitrogens with two attached hydrogens (primary N) is 1. The number of hydrogen-bond donors (Lipinski definition) is 1. The molecule has 2 N–H and O–H groups in total. The molecular weight excluding hydrogens is 278 g/mol. The normalized spacial score (nSPS) is 12.8. The summed E-state index contributed by atoms with van der Waals surface area (Å²) in [7, 11) is 1.66. The minimum Gasteiger partial charge on any atom is -0.382 e. The number of nitrogens with zero attached hydrogens (tertiary/aromatic N) is 2. The molecule has 0 amide bonds. The summed E-state index contributed by atoms with van der Waals surface area (Å²) in [6.07, 6.45) is 2.37. The molecular formula is C14H26ClN3O2. The molecule has 0 aliphatic carbocycles. The number of rotatable bonds is 10. The molecule has 0 bridgehead atoms. The second kappa shape index (κ2) is 9.34. The van der Waals surface area contributed by atoms with Crippen molar-refractivity contribution in [1.82, 2.24) is 9.78 Å². The highest BCUT2D eigenvalue weighted by Crippen LogP contribution is 2.23. The first-order valence-corrected chi connectivity index (χ1v) is 7.58. The van der Waals surface area contributed by atoms with Crippen LogP contribution in [0.25, 0.3) is 0 Å². The van der Waals surface area contributed by atoms with Crippen LogP contribution in [0.2, 0.25) is 5.02 Å². The van der Waals surface area contributed by atoms with E-state index in [-0.39, 0.29) is 6.04 Å². The van der Waals surface area contributed by atoms with Crippen molar-refractivity contribution in [3.8, 4) is 0 Å². The molecule has 0 aromatic carbocycles. The van der Waals surface area contributed by atoms with Crippen LogP contribution in [0.5, 0.6) is 0 Å². The van der Waals surface area contributed by atoms with E-state index in [1.807, 2.05) is 4.68 Å². The lowest BCUT2D eigenvalue weighted by Gasteiger charge is -2.13. The Balaban J connectivity index is 2.48. The molecule has 0 radical (unpaired) electrons. The largest absolute Gasteiger partial charge is 0.382 e. The molecule has 5 nitrogen and oxygen atoms in total. The van der Waals surface area contributed by atoms with Gasteiger partial charge in [0.2, 0.25) is 0 Å². The fourth-order valence-corrected chi connectivity index (χ4v) is 2.39. The van der Waals surface area contributed by atoms with Gasteiger partial charge in [0, 0.05) is 32.7 Å². The van der Waals surface area contributed by atoms with E-state index in [4.69, 9.17) is 26.8 Å². The Bertz CT molecular complexity index is 396. The first kappa shape index (κ1) is 17.4. The van der Waals surface area contributed by atoms with Gasteiger partial charge >= 0.3 is 0 Å². The predicted octanol–water partition coefficient (Wildman–Crippen LogP) is 2.04. The minimum atomic E-state index is 0.0294. The van der Waals surface area contributed by atoms with Gasteiger partial charge in [0.15, 0.2) is 0 Å². The molecule has 1 unspecified atom stereocenters. The van der Waals surface area contributed by atoms with E-state index in [2.05, 4.69) is 18.9 Å². The summed E-state index contributed by atoms with van der Waals surface area (Å²) >= 11 is 6.37. The molecule has 1 atom stereocenters. The maximum absolute atomic E-state index is 6.37. The zero-order chi connectivity index (χ0) is 15.0. The second-order valence-corrected chi connectivity index (χ2v) is 5.11. The number of methoxy groups -OCH3 is 1. The van der Waals surface area contributed by atoms with Crippen molar-refractivity contribution < 1.29 is 9.47 Å². The molecule has 116 valence electrons. The van der Waals surface area contributed by atoms with Gasteiger partial charge < -0.3 is 15.2 Å². The molecule has 1 rings (SSSR count). The molecule has 20 heavy (non-hydrogen) atoms. The standard InChI is InChI=1S/C14H26ClN3O2/c1-4-12-14(15)13(18(5-2)17-12)10-11(16)6-7-20-9-8-19-3/h11H,4-10,16H2,1-3H3. The second-order valence-electron chi connectivity index (χ2n) is 4.73. The Morgan fingerprint density at radius 3 is 2.65 bits per heavy atom. The Kier molecular flexibility index (Phi) is 8.14. The van der Waals surface area contributed by atoms with Crippen LogP contribution in [0, 0.1) is 0 Å². The van der Waals surface area contributed by atoms with E-state index in [9.17, 15) is 0 Å². The zero-order valence-electron chi connectivity index (χ0n) is 12.7. The lowest BCUT2D eigenvalue weighted by atomic mass is 10.1. The van der Waals surface area contributed by atoms with Crippen LogP contribution in [-0.4, -0.2) is 42.8 Å². The summed E-state index contributed by atoms with van der Waals surface area (Å²) in [6.45, 7) is 6.79. The van der Waals surface area contributed by atoms with Crippen molar-refractivity contribution in [2.45, 2.75) is 45.7 Å². The van der Waals surface area contributed by atoms with Crippen LogP contribution in [-0.2, 0) is 28.9 Å². The molecule has 0 aliphatic rings. The van der Waals surface area contributed by atoms with Crippen molar-refractivity contribution in [3.05, 3.63) is 16.4 Å². The average molecular weight is 304 g/mol. The monoisotopic (exact) mass is 303 g/mol. The van der Waals surface area contributed by atoms with Gasteiger partial charge in [-0.3, -0.25) is 4.68 Å². The van der Waals surface area contributed by atoms with E-state index in [1.165, 1.54) is 0 Å². The third-order valence-electron chi connectivity index (χ3n) is 3.21. The summed E-state index contributed by atoms with van der Waals surface area (Å²) in [5.41, 5.74) is 8.14. The van der Waals surface area contributed by atoms with E-state index >= 15 is 0 Å². The third-order valence-corrected chi connectivity index (χ3v) is 3.65. The first-order chi connectivity index (χ1) is 9.63. The Hall–Kier alpha value is -0.620. The first-order valence-electron chi connectivity index (χ1n) is 7.20. The number of hydrogen-bond acceptors (Lipinski definition) is 4. The quantitative estimate of drug-likeness (QED) is 0.672. The van der Waals surface area contributed by atoms with Gasteiger partial charge in [-0.1, -0.05) is 18.5 Å². The van der Waals surface area contributed by atoms with Gasteiger partial charge in [-0.2, -0.15) is 5.10 Å². The number of aromatic nitrogens is 2. The van der Waals surface area contributed by atoms with Gasteiger partial charge in [0.1, 0.15) is 0 Å². The van der Waals surface area contributed by atoms with Crippen molar-refractivity contribution >= 4 is 11.6 Å². The SMILES string of the molecule is CCc1nn(CC)c(CC(N)CCOCCOC)c1Cl. The predicted molar refractivity (Wildman–Crippen MR) is 81.3 cm³/mol. The van der Waals surface area contributed by atoms with Gasteiger partial charge in [-0.05, 0) is 19.8 Å². The average Bonchev–Trinajstić information content (AvgIpc) is 2.75. The zero-order valence-corrected chi connectivity index (χ0v) is 13.4. The number of aryl methyl sites for hydroxylation is 2. The molecule has 1 aromatic heterocycles. The van der Waals surface area contributed by atoms with E-state index in [0.29, 0.717) is 19.8 Å². The fraction of sp³-hybridized carbons (Fsp3) is 0.786. The van der Waals surface area contributed by atoms with Gasteiger partial charge in [0.05, 0.1) is 29.6 Å². The summed E-state index contributed by atoms with van der Waals surface area (Å²) in [6, 6.07) is 0.0294. The molecule has 1 heterocycles. The van der Waals surface area contributed by atoms with Crippen LogP contribution >= 0.6 is 11.6 Å². The van der Waals surface area contributed by atoms with Gasteiger partial charge in [-0.25, -0.2) is 0 Å². The summed E-state index contributed by atoms with van der Waals surface area (Å²) in [4.78, 5) is 0. The molecule has 0 spiro atoms. The van der Waals surface area contributed by atoms with Crippen molar-refractivity contribution in [1.29, 1.82) is 0 Å². The van der Waals surface area contributed by atoms with E-state index in [1.54, 1.807) is 7.11 Å². The highest BCUT2D eigenvalue weighted by atomic mass is 35.5. The Labute approximate surface area is 126 Å². The summed E-state index contributed by atoms with van der Waals surface area (Å²) in [5.74, 6) is 0. The third kappa shape index (κ3) is 5.05. The molecule has 6 heteroatoms. The minimum absolute atomic E-state index is 0.0294. The number of halogens is 1. The Morgan fingerprint density at radius 2 is 2.05 bits per heavy atom. The smallest absolute Gasteiger partial charge is 0.0850 e. The van der Waals surface area contributed by atoms with Crippen LogP contribution in [0.1, 0.15) is 31.7 Å². The Morgan fingerprint density at radius 1 is 1.30 bits per heavy atom. The molecule has 1 aromatic rings. The van der Waals surface area contributed by atoms with Crippen molar-refractivity contribution in [2.75, 3.05) is 26.9 Å². The maximum atomic E-state index is 6.37. The van der Waals surface area contributed by atoms with Crippen LogP contribution < -0.4 is 5.73 Å². The summed E-state index contributed by atoms with van der Waals surface area (Å²) < 4.78 is 12.3. The lowest BCUT2D eigenvalue weighted by Crippen LogP contribution is -2.26. The van der Waals surface area contributed by atoms with Crippen LogP contribution in [0.4, 0.5) is 0 Å². The maximum Gasteiger partial charge on any atom is 0.0850 e. The van der Waals surface area contributed by atoms with Crippen molar-refractivity contribution in [3.63, 3.8) is 0 Å². The lowest BCUT2D eigenvalue weighted by molar-refractivity contribution is 0.0671. The summed E-state index contributed by atoms with van der Waals surface area (Å²) in [5, 5.41) is 5.27. The topological polar surface area (TPSA) is 62.3 Å². The van der Waals surface area contributed by atoms with Crippen molar-refractivity contribution in [2.24, 2.45) is 5.73 Å².